The number of aliphatic imine (C=N–C) groups is 1. The Morgan fingerprint density at radius 1 is 1.20 bits per heavy atom. The molecule has 1 N–H and O–H groups in total. The molecule has 4 rings (SSSR count). The van der Waals surface area contributed by atoms with Crippen molar-refractivity contribution >= 4 is 23.6 Å². The van der Waals surface area contributed by atoms with Gasteiger partial charge < -0.3 is 15.1 Å². The second-order valence-corrected chi connectivity index (χ2v) is 9.24. The van der Waals surface area contributed by atoms with Crippen LogP contribution in [0.3, 0.4) is 0 Å². The second kappa shape index (κ2) is 8.36. The van der Waals surface area contributed by atoms with E-state index < -0.39 is 5.54 Å². The Kier molecular flexibility index (Phi) is 5.80. The molecule has 0 radical (unpaired) electrons. The summed E-state index contributed by atoms with van der Waals surface area (Å²) >= 11 is 0. The zero-order chi connectivity index (χ0) is 21.3. The van der Waals surface area contributed by atoms with E-state index in [1.807, 2.05) is 30.9 Å². The van der Waals surface area contributed by atoms with Crippen LogP contribution in [0, 0.1) is 0 Å². The van der Waals surface area contributed by atoms with E-state index in [2.05, 4.69) is 10.3 Å². The minimum atomic E-state index is -1.07. The van der Waals surface area contributed by atoms with E-state index in [1.165, 1.54) is 0 Å². The first-order chi connectivity index (χ1) is 14.4. The first kappa shape index (κ1) is 20.8. The molecule has 7 nitrogen and oxygen atoms in total. The molecule has 3 amide bonds. The van der Waals surface area contributed by atoms with Crippen LogP contribution in [0.5, 0.6) is 0 Å². The number of carbonyl (C=O) groups excluding carboxylic acids is 3. The molecule has 0 aromatic heterocycles. The van der Waals surface area contributed by atoms with Crippen molar-refractivity contribution in [2.45, 2.75) is 89.3 Å². The summed E-state index contributed by atoms with van der Waals surface area (Å²) in [7, 11) is 0. The lowest BCUT2D eigenvalue weighted by molar-refractivity contribution is -0.148. The predicted molar refractivity (Wildman–Crippen MR) is 115 cm³/mol. The summed E-state index contributed by atoms with van der Waals surface area (Å²) in [5.74, 6) is -0.0329. The van der Waals surface area contributed by atoms with Gasteiger partial charge in [0.2, 0.25) is 11.8 Å². The van der Waals surface area contributed by atoms with Gasteiger partial charge in [-0.2, -0.15) is 4.99 Å². The van der Waals surface area contributed by atoms with E-state index in [4.69, 9.17) is 0 Å². The lowest BCUT2D eigenvalue weighted by Crippen LogP contribution is -2.64. The molecule has 0 unspecified atom stereocenters. The highest BCUT2D eigenvalue weighted by atomic mass is 16.2. The molecule has 162 valence electrons. The number of hydrogen-bond acceptors (Lipinski definition) is 4. The van der Waals surface area contributed by atoms with E-state index in [9.17, 15) is 14.4 Å². The molecular formula is C23H32N4O3. The minimum absolute atomic E-state index is 0.0157. The maximum Gasteiger partial charge on any atom is 0.250 e. The monoisotopic (exact) mass is 412 g/mol. The van der Waals surface area contributed by atoms with Gasteiger partial charge in [-0.25, -0.2) is 0 Å². The van der Waals surface area contributed by atoms with Crippen LogP contribution in [-0.4, -0.2) is 57.5 Å². The average molecular weight is 413 g/mol. The largest absolute Gasteiger partial charge is 0.352 e. The maximum absolute atomic E-state index is 14.0. The van der Waals surface area contributed by atoms with Crippen molar-refractivity contribution in [3.63, 3.8) is 0 Å². The molecule has 0 bridgehead atoms. The Morgan fingerprint density at radius 2 is 1.87 bits per heavy atom. The quantitative estimate of drug-likeness (QED) is 0.753. The summed E-state index contributed by atoms with van der Waals surface area (Å²) in [6.45, 7) is 3.80. The molecule has 2 saturated carbocycles. The first-order valence-corrected chi connectivity index (χ1v) is 11.3. The molecule has 7 heteroatoms. The number of amidine groups is 1. The highest BCUT2D eigenvalue weighted by molar-refractivity contribution is 6.10. The Labute approximate surface area is 178 Å². The summed E-state index contributed by atoms with van der Waals surface area (Å²) in [5.41, 5.74) is -0.197. The Bertz CT molecular complexity index is 818. The lowest BCUT2D eigenvalue weighted by Gasteiger charge is -2.47. The second-order valence-electron chi connectivity index (χ2n) is 9.24. The van der Waals surface area contributed by atoms with Gasteiger partial charge in [0.25, 0.3) is 5.91 Å². The molecule has 2 aliphatic heterocycles. The van der Waals surface area contributed by atoms with Gasteiger partial charge in [-0.15, -0.1) is 0 Å². The van der Waals surface area contributed by atoms with Crippen molar-refractivity contribution in [1.29, 1.82) is 0 Å². The third-order valence-electron chi connectivity index (χ3n) is 6.91. The minimum Gasteiger partial charge on any atom is -0.352 e. The standard InChI is InChI=1S/C23H32N4O3/c1-16-8-7-13-19-25-20(28)14-23(2,27(16)19)22(30)26(18-11-5-6-12-18)15-21(29)24-17-9-3-4-10-17/h7-8,13,17-18H,3-6,9-12,14-15H2,1-2H3,(H,24,29)/t23-/m0/s1. The Hall–Kier alpha value is -2.44. The molecule has 30 heavy (non-hydrogen) atoms. The van der Waals surface area contributed by atoms with Crippen molar-refractivity contribution in [3.05, 3.63) is 23.9 Å². The van der Waals surface area contributed by atoms with Gasteiger partial charge in [0.05, 0.1) is 13.0 Å². The third-order valence-corrected chi connectivity index (χ3v) is 6.91. The number of rotatable bonds is 5. The molecule has 0 aromatic carbocycles. The number of amides is 3. The zero-order valence-corrected chi connectivity index (χ0v) is 18.0. The number of nitrogens with one attached hydrogen (secondary N) is 1. The molecule has 2 fully saturated rings. The van der Waals surface area contributed by atoms with Crippen LogP contribution in [-0.2, 0) is 14.4 Å². The molecule has 2 heterocycles. The normalized spacial score (nSPS) is 27.0. The smallest absolute Gasteiger partial charge is 0.250 e. The summed E-state index contributed by atoms with van der Waals surface area (Å²) in [6, 6.07) is 0.270. The Balaban J connectivity index is 1.59. The average Bonchev–Trinajstić information content (AvgIpc) is 3.39. The van der Waals surface area contributed by atoms with Crippen LogP contribution >= 0.6 is 0 Å². The van der Waals surface area contributed by atoms with Gasteiger partial charge in [-0.05, 0) is 51.7 Å². The molecule has 0 spiro atoms. The van der Waals surface area contributed by atoms with Crippen molar-refractivity contribution in [1.82, 2.24) is 15.1 Å². The zero-order valence-electron chi connectivity index (χ0n) is 18.0. The molecule has 4 aliphatic rings. The fourth-order valence-electron chi connectivity index (χ4n) is 5.43. The van der Waals surface area contributed by atoms with Gasteiger partial charge in [0, 0.05) is 17.8 Å². The maximum atomic E-state index is 14.0. The number of hydrogen-bond donors (Lipinski definition) is 1. The van der Waals surface area contributed by atoms with E-state index in [0.717, 1.165) is 57.1 Å². The van der Waals surface area contributed by atoms with Gasteiger partial charge >= 0.3 is 0 Å². The molecule has 0 saturated heterocycles. The lowest BCUT2D eigenvalue weighted by atomic mass is 9.88. The van der Waals surface area contributed by atoms with Gasteiger partial charge in [-0.1, -0.05) is 31.8 Å². The number of fused-ring (bicyclic) bond motifs is 1. The first-order valence-electron chi connectivity index (χ1n) is 11.3. The van der Waals surface area contributed by atoms with Crippen LogP contribution in [0.25, 0.3) is 0 Å². The summed E-state index contributed by atoms with van der Waals surface area (Å²) in [5, 5.41) is 3.12. The SMILES string of the molecule is CC1=CC=CC2=NC(=O)C[C@@](C)(C(=O)N(CC(=O)NC3CCCC3)C3CCCC3)N12. The van der Waals surface area contributed by atoms with Crippen molar-refractivity contribution in [2.24, 2.45) is 4.99 Å². The van der Waals surface area contributed by atoms with Crippen molar-refractivity contribution < 1.29 is 14.4 Å². The number of carbonyl (C=O) groups is 3. The van der Waals surface area contributed by atoms with E-state index in [-0.39, 0.29) is 42.8 Å². The van der Waals surface area contributed by atoms with Crippen LogP contribution in [0.2, 0.25) is 0 Å². The van der Waals surface area contributed by atoms with Crippen LogP contribution < -0.4 is 5.32 Å². The highest BCUT2D eigenvalue weighted by Crippen LogP contribution is 2.35. The molecule has 0 aromatic rings. The van der Waals surface area contributed by atoms with Gasteiger partial charge in [-0.3, -0.25) is 14.4 Å². The molecule has 2 aliphatic carbocycles. The summed E-state index contributed by atoms with van der Waals surface area (Å²) in [6.07, 6.45) is 13.8. The van der Waals surface area contributed by atoms with E-state index in [1.54, 1.807) is 11.0 Å². The van der Waals surface area contributed by atoms with Crippen molar-refractivity contribution in [3.8, 4) is 0 Å². The molecular weight excluding hydrogens is 380 g/mol. The summed E-state index contributed by atoms with van der Waals surface area (Å²) < 4.78 is 0. The van der Waals surface area contributed by atoms with Crippen LogP contribution in [0.1, 0.15) is 71.6 Å². The highest BCUT2D eigenvalue weighted by Gasteiger charge is 2.50. The third kappa shape index (κ3) is 3.94. The number of nitrogens with zero attached hydrogens (tertiary/aromatic N) is 3. The van der Waals surface area contributed by atoms with Crippen LogP contribution in [0.15, 0.2) is 28.9 Å². The van der Waals surface area contributed by atoms with E-state index >= 15 is 0 Å². The Morgan fingerprint density at radius 3 is 2.57 bits per heavy atom. The van der Waals surface area contributed by atoms with Crippen LogP contribution in [0.4, 0.5) is 0 Å². The van der Waals surface area contributed by atoms with Gasteiger partial charge in [0.15, 0.2) is 0 Å². The van der Waals surface area contributed by atoms with Crippen molar-refractivity contribution in [2.75, 3.05) is 6.54 Å². The predicted octanol–water partition coefficient (Wildman–Crippen LogP) is 2.68. The topological polar surface area (TPSA) is 82.1 Å². The van der Waals surface area contributed by atoms with E-state index in [0.29, 0.717) is 5.84 Å². The fourth-order valence-corrected chi connectivity index (χ4v) is 5.43. The molecule has 1 atom stereocenters. The number of allylic oxidation sites excluding steroid dienone is 3. The summed E-state index contributed by atoms with van der Waals surface area (Å²) in [4.78, 5) is 47.0. The fraction of sp³-hybridized carbons (Fsp3) is 0.652. The van der Waals surface area contributed by atoms with Gasteiger partial charge in [0.1, 0.15) is 11.4 Å².